The van der Waals surface area contributed by atoms with E-state index in [2.05, 4.69) is 15.3 Å². The van der Waals surface area contributed by atoms with Gasteiger partial charge in [0.15, 0.2) is 5.01 Å². The molecule has 3 rings (SSSR count). The molecule has 5 nitrogen and oxygen atoms in total. The molecule has 3 aromatic rings. The summed E-state index contributed by atoms with van der Waals surface area (Å²) in [5.74, 6) is 0. The lowest BCUT2D eigenvalue weighted by Gasteiger charge is -1.98. The van der Waals surface area contributed by atoms with Gasteiger partial charge < -0.3 is 5.73 Å². The SMILES string of the molecule is Nc1nnc(-c2cnn(-c3ccccc3)c2)s1. The Morgan fingerprint density at radius 2 is 1.94 bits per heavy atom. The molecule has 2 N–H and O–H groups in total. The van der Waals surface area contributed by atoms with E-state index < -0.39 is 0 Å². The molecule has 0 aliphatic heterocycles. The first-order chi connectivity index (χ1) is 8.33. The van der Waals surface area contributed by atoms with Gasteiger partial charge in [0.1, 0.15) is 0 Å². The summed E-state index contributed by atoms with van der Waals surface area (Å²) in [6, 6.07) is 9.90. The fourth-order valence-corrected chi connectivity index (χ4v) is 2.09. The maximum absolute atomic E-state index is 5.55. The van der Waals surface area contributed by atoms with Crippen LogP contribution < -0.4 is 5.73 Å². The minimum atomic E-state index is 0.465. The van der Waals surface area contributed by atoms with Gasteiger partial charge in [0.2, 0.25) is 5.13 Å². The molecule has 0 aliphatic carbocycles. The molecule has 17 heavy (non-hydrogen) atoms. The van der Waals surface area contributed by atoms with Gasteiger partial charge in [-0.3, -0.25) is 0 Å². The molecular weight excluding hydrogens is 234 g/mol. The number of hydrogen-bond donors (Lipinski definition) is 1. The molecule has 0 amide bonds. The summed E-state index contributed by atoms with van der Waals surface area (Å²) in [4.78, 5) is 0. The number of nitrogens with two attached hydrogens (primary N) is 1. The van der Waals surface area contributed by atoms with E-state index in [4.69, 9.17) is 5.73 Å². The van der Waals surface area contributed by atoms with Crippen LogP contribution in [-0.4, -0.2) is 20.0 Å². The van der Waals surface area contributed by atoms with Crippen molar-refractivity contribution in [2.75, 3.05) is 5.73 Å². The van der Waals surface area contributed by atoms with E-state index in [0.717, 1.165) is 16.3 Å². The highest BCUT2D eigenvalue weighted by Gasteiger charge is 2.07. The summed E-state index contributed by atoms with van der Waals surface area (Å²) in [6.45, 7) is 0. The Balaban J connectivity index is 1.99. The predicted octanol–water partition coefficient (Wildman–Crippen LogP) is 1.97. The molecule has 2 heterocycles. The minimum absolute atomic E-state index is 0.465. The van der Waals surface area contributed by atoms with Crippen molar-refractivity contribution < 1.29 is 0 Å². The average molecular weight is 243 g/mol. The van der Waals surface area contributed by atoms with Gasteiger partial charge in [-0.2, -0.15) is 5.10 Å². The quantitative estimate of drug-likeness (QED) is 0.747. The van der Waals surface area contributed by atoms with E-state index in [1.807, 2.05) is 36.5 Å². The Bertz CT molecular complexity index is 628. The first-order valence-corrected chi connectivity index (χ1v) is 5.84. The molecule has 0 atom stereocenters. The normalized spacial score (nSPS) is 10.6. The fraction of sp³-hybridized carbons (Fsp3) is 0. The van der Waals surface area contributed by atoms with Crippen molar-refractivity contribution in [3.8, 4) is 16.3 Å². The summed E-state index contributed by atoms with van der Waals surface area (Å²) in [7, 11) is 0. The van der Waals surface area contributed by atoms with Crippen molar-refractivity contribution >= 4 is 16.5 Å². The Labute approximate surface area is 102 Å². The summed E-state index contributed by atoms with van der Waals surface area (Å²) in [5, 5.41) is 13.3. The number of aromatic nitrogens is 4. The monoisotopic (exact) mass is 243 g/mol. The van der Waals surface area contributed by atoms with Crippen LogP contribution in [0.3, 0.4) is 0 Å². The van der Waals surface area contributed by atoms with E-state index in [1.54, 1.807) is 10.9 Å². The van der Waals surface area contributed by atoms with Gasteiger partial charge in [-0.25, -0.2) is 4.68 Å². The lowest BCUT2D eigenvalue weighted by atomic mass is 10.3. The molecule has 1 aromatic carbocycles. The molecule has 0 aliphatic rings. The predicted molar refractivity (Wildman–Crippen MR) is 66.9 cm³/mol. The van der Waals surface area contributed by atoms with Gasteiger partial charge in [0.05, 0.1) is 17.4 Å². The molecule has 6 heteroatoms. The van der Waals surface area contributed by atoms with Crippen LogP contribution in [0.1, 0.15) is 0 Å². The highest BCUT2D eigenvalue weighted by atomic mass is 32.1. The second-order valence-electron chi connectivity index (χ2n) is 3.45. The number of anilines is 1. The van der Waals surface area contributed by atoms with Gasteiger partial charge in [-0.05, 0) is 12.1 Å². The number of benzene rings is 1. The summed E-state index contributed by atoms with van der Waals surface area (Å²) >= 11 is 1.35. The van der Waals surface area contributed by atoms with Crippen LogP contribution in [0.25, 0.3) is 16.3 Å². The van der Waals surface area contributed by atoms with Crippen molar-refractivity contribution in [1.82, 2.24) is 20.0 Å². The molecule has 0 unspecified atom stereocenters. The van der Waals surface area contributed by atoms with Gasteiger partial charge in [-0.15, -0.1) is 10.2 Å². The lowest BCUT2D eigenvalue weighted by molar-refractivity contribution is 0.880. The van der Waals surface area contributed by atoms with Crippen LogP contribution in [0.5, 0.6) is 0 Å². The largest absolute Gasteiger partial charge is 0.374 e. The van der Waals surface area contributed by atoms with Crippen molar-refractivity contribution in [3.05, 3.63) is 42.7 Å². The molecule has 0 saturated carbocycles. The third kappa shape index (κ3) is 1.90. The zero-order chi connectivity index (χ0) is 11.7. The van der Waals surface area contributed by atoms with Crippen LogP contribution in [0.15, 0.2) is 42.7 Å². The molecular formula is C11H9N5S. The highest BCUT2D eigenvalue weighted by Crippen LogP contribution is 2.24. The number of nitrogens with zero attached hydrogens (tertiary/aromatic N) is 4. The summed E-state index contributed by atoms with van der Waals surface area (Å²) in [5.41, 5.74) is 7.48. The average Bonchev–Trinajstić information content (AvgIpc) is 2.98. The van der Waals surface area contributed by atoms with Gasteiger partial charge >= 0.3 is 0 Å². The molecule has 2 aromatic heterocycles. The minimum Gasteiger partial charge on any atom is -0.374 e. The summed E-state index contributed by atoms with van der Waals surface area (Å²) in [6.07, 6.45) is 3.67. The Morgan fingerprint density at radius 1 is 1.12 bits per heavy atom. The zero-order valence-electron chi connectivity index (χ0n) is 8.82. The van der Waals surface area contributed by atoms with Crippen LogP contribution in [0.4, 0.5) is 5.13 Å². The third-order valence-electron chi connectivity index (χ3n) is 2.29. The number of rotatable bonds is 2. The second-order valence-corrected chi connectivity index (χ2v) is 4.46. The van der Waals surface area contributed by atoms with E-state index in [1.165, 1.54) is 11.3 Å². The van der Waals surface area contributed by atoms with Crippen molar-refractivity contribution in [2.24, 2.45) is 0 Å². The highest BCUT2D eigenvalue weighted by molar-refractivity contribution is 7.18. The molecule has 0 fully saturated rings. The molecule has 0 bridgehead atoms. The van der Waals surface area contributed by atoms with Crippen LogP contribution in [0.2, 0.25) is 0 Å². The number of para-hydroxylation sites is 1. The first-order valence-electron chi connectivity index (χ1n) is 5.02. The Kier molecular flexibility index (Phi) is 2.34. The number of nitrogen functional groups attached to an aromatic ring is 1. The van der Waals surface area contributed by atoms with E-state index in [9.17, 15) is 0 Å². The molecule has 0 radical (unpaired) electrons. The van der Waals surface area contributed by atoms with Crippen LogP contribution >= 0.6 is 11.3 Å². The molecule has 0 spiro atoms. The summed E-state index contributed by atoms with van der Waals surface area (Å²) < 4.78 is 1.80. The smallest absolute Gasteiger partial charge is 0.203 e. The van der Waals surface area contributed by atoms with Gasteiger partial charge in [0, 0.05) is 6.20 Å². The lowest BCUT2D eigenvalue weighted by Crippen LogP contribution is -1.92. The van der Waals surface area contributed by atoms with Crippen LogP contribution in [-0.2, 0) is 0 Å². The van der Waals surface area contributed by atoms with Gasteiger partial charge in [-0.1, -0.05) is 29.5 Å². The zero-order valence-corrected chi connectivity index (χ0v) is 9.63. The Morgan fingerprint density at radius 3 is 2.65 bits per heavy atom. The molecule has 84 valence electrons. The topological polar surface area (TPSA) is 69.6 Å². The maximum Gasteiger partial charge on any atom is 0.203 e. The Hall–Kier alpha value is -2.21. The third-order valence-corrected chi connectivity index (χ3v) is 3.09. The van der Waals surface area contributed by atoms with Crippen molar-refractivity contribution in [3.63, 3.8) is 0 Å². The van der Waals surface area contributed by atoms with E-state index in [0.29, 0.717) is 5.13 Å². The van der Waals surface area contributed by atoms with E-state index in [-0.39, 0.29) is 0 Å². The maximum atomic E-state index is 5.55. The van der Waals surface area contributed by atoms with Crippen LogP contribution in [0, 0.1) is 0 Å². The van der Waals surface area contributed by atoms with Crippen molar-refractivity contribution in [1.29, 1.82) is 0 Å². The molecule has 0 saturated heterocycles. The number of hydrogen-bond acceptors (Lipinski definition) is 5. The van der Waals surface area contributed by atoms with Crippen molar-refractivity contribution in [2.45, 2.75) is 0 Å². The first kappa shape index (κ1) is 9.98. The fourth-order valence-electron chi connectivity index (χ4n) is 1.51. The van der Waals surface area contributed by atoms with Gasteiger partial charge in [0.25, 0.3) is 0 Å². The second kappa shape index (κ2) is 3.99. The standard InChI is InChI=1S/C11H9N5S/c12-11-15-14-10(17-11)8-6-13-16(7-8)9-4-2-1-3-5-9/h1-7H,(H2,12,15). The van der Waals surface area contributed by atoms with E-state index >= 15 is 0 Å².